The molecule has 4 N–H and O–H groups in total. The highest BCUT2D eigenvalue weighted by Gasteiger charge is 2.21. The van der Waals surface area contributed by atoms with Crippen molar-refractivity contribution in [1.29, 1.82) is 0 Å². The summed E-state index contributed by atoms with van der Waals surface area (Å²) < 4.78 is 0. The van der Waals surface area contributed by atoms with Gasteiger partial charge in [-0.05, 0) is 6.07 Å². The molecular weight excluding hydrogens is 246 g/mol. The summed E-state index contributed by atoms with van der Waals surface area (Å²) in [5.74, 6) is -1.54. The van der Waals surface area contributed by atoms with Gasteiger partial charge in [0.25, 0.3) is 0 Å². The summed E-state index contributed by atoms with van der Waals surface area (Å²) in [4.78, 5) is 22.3. The number of aliphatic carboxylic acids is 1. The van der Waals surface area contributed by atoms with Crippen molar-refractivity contribution in [3.63, 3.8) is 0 Å². The third-order valence-corrected chi connectivity index (χ3v) is 2.48. The molecule has 92 valence electrons. The fourth-order valence-corrected chi connectivity index (χ4v) is 1.59. The summed E-state index contributed by atoms with van der Waals surface area (Å²) in [5.41, 5.74) is 5.85. The maximum absolute atomic E-state index is 11.6. The van der Waals surface area contributed by atoms with E-state index in [2.05, 4.69) is 0 Å². The van der Waals surface area contributed by atoms with Gasteiger partial charge < -0.3 is 15.9 Å². The lowest BCUT2D eigenvalue weighted by Gasteiger charge is -2.12. The van der Waals surface area contributed by atoms with E-state index in [-0.39, 0.29) is 34.9 Å². The van der Waals surface area contributed by atoms with Crippen LogP contribution in [0.25, 0.3) is 0 Å². The van der Waals surface area contributed by atoms with Gasteiger partial charge in [-0.2, -0.15) is 0 Å². The molecule has 0 aliphatic carbocycles. The minimum atomic E-state index is -1.74. The number of aliphatic hydroxyl groups excluding tert-OH is 1. The zero-order valence-electron chi connectivity index (χ0n) is 8.89. The van der Waals surface area contributed by atoms with E-state index in [9.17, 15) is 14.7 Å². The molecule has 0 amide bonds. The first-order valence-electron chi connectivity index (χ1n) is 4.87. The van der Waals surface area contributed by atoms with Crippen LogP contribution < -0.4 is 5.73 Å². The molecule has 5 nitrogen and oxygen atoms in total. The van der Waals surface area contributed by atoms with Crippen molar-refractivity contribution in [3.05, 3.63) is 29.3 Å². The van der Waals surface area contributed by atoms with Crippen LogP contribution in [0.4, 0.5) is 5.69 Å². The fraction of sp³-hybridized carbons (Fsp3) is 0.273. The molecule has 0 heterocycles. The van der Waals surface area contributed by atoms with E-state index in [4.69, 9.17) is 22.4 Å². The van der Waals surface area contributed by atoms with Crippen molar-refractivity contribution in [2.24, 2.45) is 0 Å². The molecular formula is C11H12ClNO4. The Morgan fingerprint density at radius 2 is 2.06 bits per heavy atom. The number of carbonyl (C=O) groups is 2. The number of hydrogen-bond acceptors (Lipinski definition) is 4. The lowest BCUT2D eigenvalue weighted by atomic mass is 9.99. The summed E-state index contributed by atoms with van der Waals surface area (Å²) in [6, 6.07) is 4.31. The Kier molecular flexibility index (Phi) is 4.48. The third kappa shape index (κ3) is 2.95. The molecule has 0 saturated heterocycles. The number of Topliss-reactive ketones (excluding diaryl/α,β-unsaturated/α-hetero) is 1. The molecule has 1 rings (SSSR count). The van der Waals surface area contributed by atoms with E-state index in [1.807, 2.05) is 0 Å². The number of hydrogen-bond donors (Lipinski definition) is 3. The van der Waals surface area contributed by atoms with Gasteiger partial charge in [0.2, 0.25) is 0 Å². The van der Waals surface area contributed by atoms with Crippen molar-refractivity contribution in [3.8, 4) is 0 Å². The van der Waals surface area contributed by atoms with Crippen molar-refractivity contribution < 1.29 is 19.8 Å². The Labute approximate surface area is 103 Å². The van der Waals surface area contributed by atoms with Crippen LogP contribution in [0.1, 0.15) is 28.4 Å². The zero-order chi connectivity index (χ0) is 13.0. The van der Waals surface area contributed by atoms with Crippen molar-refractivity contribution in [2.45, 2.75) is 12.5 Å². The van der Waals surface area contributed by atoms with E-state index in [0.717, 1.165) is 0 Å². The number of carbonyl (C=O) groups excluding carboxylic acids is 1. The van der Waals surface area contributed by atoms with Crippen LogP contribution in [0.3, 0.4) is 0 Å². The summed E-state index contributed by atoms with van der Waals surface area (Å²) in [5, 5.41) is 18.1. The number of benzene rings is 1. The average Bonchev–Trinajstić information content (AvgIpc) is 2.28. The largest absolute Gasteiger partial charge is 0.479 e. The van der Waals surface area contributed by atoms with Crippen LogP contribution in [-0.4, -0.2) is 27.8 Å². The van der Waals surface area contributed by atoms with Gasteiger partial charge in [0, 0.05) is 29.1 Å². The molecule has 0 bridgehead atoms. The van der Waals surface area contributed by atoms with Gasteiger partial charge in [-0.1, -0.05) is 12.1 Å². The van der Waals surface area contributed by atoms with Gasteiger partial charge in [0.05, 0.1) is 0 Å². The Balaban J connectivity index is 3.15. The zero-order valence-corrected chi connectivity index (χ0v) is 9.65. The second-order valence-corrected chi connectivity index (χ2v) is 3.79. The van der Waals surface area contributed by atoms with Gasteiger partial charge in [0.15, 0.2) is 11.9 Å². The lowest BCUT2D eigenvalue weighted by Crippen LogP contribution is -2.15. The normalized spacial score (nSPS) is 12.1. The van der Waals surface area contributed by atoms with E-state index in [0.29, 0.717) is 0 Å². The molecule has 0 aliphatic rings. The molecule has 17 heavy (non-hydrogen) atoms. The van der Waals surface area contributed by atoms with Crippen LogP contribution in [-0.2, 0) is 4.79 Å². The van der Waals surface area contributed by atoms with Gasteiger partial charge in [-0.15, -0.1) is 11.6 Å². The van der Waals surface area contributed by atoms with Crippen LogP contribution >= 0.6 is 11.6 Å². The smallest absolute Gasteiger partial charge is 0.337 e. The highest BCUT2D eigenvalue weighted by atomic mass is 35.5. The third-order valence-electron chi connectivity index (χ3n) is 2.29. The SMILES string of the molecule is Nc1c(C(=O)CCCl)cccc1C(O)C(=O)O. The standard InChI is InChI=1S/C11H12ClNO4/c12-5-4-8(14)6-2-1-3-7(9(6)13)10(15)11(16)17/h1-3,10,15H,4-5,13H2,(H,16,17). The monoisotopic (exact) mass is 257 g/mol. The van der Waals surface area contributed by atoms with Crippen LogP contribution in [0.5, 0.6) is 0 Å². The Morgan fingerprint density at radius 3 is 2.59 bits per heavy atom. The molecule has 1 aromatic carbocycles. The molecule has 1 unspecified atom stereocenters. The molecule has 0 radical (unpaired) electrons. The number of para-hydroxylation sites is 1. The highest BCUT2D eigenvalue weighted by molar-refractivity contribution is 6.20. The van der Waals surface area contributed by atoms with Crippen molar-refractivity contribution in [2.75, 3.05) is 11.6 Å². The number of anilines is 1. The van der Waals surface area contributed by atoms with Gasteiger partial charge >= 0.3 is 5.97 Å². The summed E-state index contributed by atoms with van der Waals surface area (Å²) in [7, 11) is 0. The Morgan fingerprint density at radius 1 is 1.41 bits per heavy atom. The van der Waals surface area contributed by atoms with E-state index < -0.39 is 12.1 Å². The molecule has 0 aliphatic heterocycles. The first-order chi connectivity index (χ1) is 7.99. The first kappa shape index (κ1) is 13.5. The number of alkyl halides is 1. The topological polar surface area (TPSA) is 101 Å². The molecule has 0 saturated carbocycles. The molecule has 0 fully saturated rings. The Hall–Kier alpha value is -1.59. The van der Waals surface area contributed by atoms with E-state index in [1.165, 1.54) is 18.2 Å². The number of nitrogen functional groups attached to an aromatic ring is 1. The van der Waals surface area contributed by atoms with Gasteiger partial charge in [-0.3, -0.25) is 4.79 Å². The summed E-state index contributed by atoms with van der Waals surface area (Å²) >= 11 is 5.45. The molecule has 6 heteroatoms. The fourth-order valence-electron chi connectivity index (χ4n) is 1.42. The molecule has 0 spiro atoms. The number of rotatable bonds is 5. The number of halogens is 1. The van der Waals surface area contributed by atoms with Gasteiger partial charge in [0.1, 0.15) is 0 Å². The quantitative estimate of drug-likeness (QED) is 0.418. The van der Waals surface area contributed by atoms with Crippen molar-refractivity contribution in [1.82, 2.24) is 0 Å². The second-order valence-electron chi connectivity index (χ2n) is 3.41. The molecule has 1 aromatic rings. The summed E-state index contributed by atoms with van der Waals surface area (Å²) in [6.07, 6.45) is -1.63. The number of aliphatic hydroxyl groups is 1. The van der Waals surface area contributed by atoms with E-state index >= 15 is 0 Å². The lowest BCUT2D eigenvalue weighted by molar-refractivity contribution is -0.146. The average molecular weight is 258 g/mol. The van der Waals surface area contributed by atoms with Gasteiger partial charge in [-0.25, -0.2) is 4.79 Å². The Bertz CT molecular complexity index is 447. The first-order valence-corrected chi connectivity index (χ1v) is 5.41. The van der Waals surface area contributed by atoms with Crippen molar-refractivity contribution >= 4 is 29.0 Å². The highest BCUT2D eigenvalue weighted by Crippen LogP contribution is 2.25. The second kappa shape index (κ2) is 5.65. The predicted octanol–water partition coefficient (Wildman–Crippen LogP) is 1.20. The van der Waals surface area contributed by atoms with Crippen LogP contribution in [0.2, 0.25) is 0 Å². The number of carboxylic acid groups (broad SMARTS) is 1. The number of ketones is 1. The maximum atomic E-state index is 11.6. The maximum Gasteiger partial charge on any atom is 0.337 e. The number of carboxylic acids is 1. The predicted molar refractivity (Wildman–Crippen MR) is 63.1 cm³/mol. The summed E-state index contributed by atoms with van der Waals surface area (Å²) in [6.45, 7) is 0. The minimum absolute atomic E-state index is 0.0120. The molecule has 0 aromatic heterocycles. The van der Waals surface area contributed by atoms with E-state index in [1.54, 1.807) is 0 Å². The molecule has 1 atom stereocenters. The van der Waals surface area contributed by atoms with Crippen LogP contribution in [0, 0.1) is 0 Å². The number of nitrogens with two attached hydrogens (primary N) is 1. The minimum Gasteiger partial charge on any atom is -0.479 e. The van der Waals surface area contributed by atoms with Crippen LogP contribution in [0.15, 0.2) is 18.2 Å².